The Labute approximate surface area is 226 Å². The maximum absolute atomic E-state index is 12.8. The molecule has 0 bridgehead atoms. The van der Waals surface area contributed by atoms with Gasteiger partial charge in [0.2, 0.25) is 0 Å². The minimum atomic E-state index is -0.881. The van der Waals surface area contributed by atoms with Crippen molar-refractivity contribution in [1.29, 1.82) is 0 Å². The first-order chi connectivity index (χ1) is 17.5. The highest BCUT2D eigenvalue weighted by Crippen LogP contribution is 2.68. The van der Waals surface area contributed by atoms with Crippen molar-refractivity contribution in [2.75, 3.05) is 18.5 Å². The zero-order chi connectivity index (χ0) is 26.1. The monoisotopic (exact) mass is 527 g/mol. The molecule has 4 fully saturated rings. The summed E-state index contributed by atoms with van der Waals surface area (Å²) in [4.78, 5) is 13.0. The molecule has 0 radical (unpaired) electrons. The lowest BCUT2D eigenvalue weighted by Crippen LogP contribution is -2.67. The minimum absolute atomic E-state index is 0.0328. The molecule has 1 aromatic carbocycles. The lowest BCUT2D eigenvalue weighted by Gasteiger charge is -2.63. The molecule has 7 atom stereocenters. The normalized spacial score (nSPS) is 44.5. The van der Waals surface area contributed by atoms with Crippen molar-refractivity contribution in [3.05, 3.63) is 35.9 Å². The number of aliphatic hydroxyl groups is 2. The Hall–Kier alpha value is -1.05. The van der Waals surface area contributed by atoms with Crippen LogP contribution in [-0.2, 0) is 9.78 Å². The summed E-state index contributed by atoms with van der Waals surface area (Å²) in [6.07, 6.45) is 10.1. The van der Waals surface area contributed by atoms with Crippen LogP contribution in [0.1, 0.15) is 85.5 Å². The van der Waals surface area contributed by atoms with Gasteiger partial charge in [-0.15, -0.1) is 11.8 Å². The van der Waals surface area contributed by atoms with E-state index in [1.807, 2.05) is 11.8 Å². The second-order valence-electron chi connectivity index (χ2n) is 13.8. The molecule has 6 rings (SSSR count). The van der Waals surface area contributed by atoms with E-state index in [1.165, 1.54) is 10.5 Å². The van der Waals surface area contributed by atoms with Crippen molar-refractivity contribution >= 4 is 17.4 Å². The summed E-state index contributed by atoms with van der Waals surface area (Å²) in [5.41, 5.74) is 1.25. The average Bonchev–Trinajstić information content (AvgIpc) is 3.14. The number of anilines is 1. The molecule has 0 amide bonds. The number of rotatable bonds is 4. The van der Waals surface area contributed by atoms with Crippen molar-refractivity contribution in [3.63, 3.8) is 0 Å². The van der Waals surface area contributed by atoms with Gasteiger partial charge in [0.05, 0.1) is 23.1 Å². The maximum Gasteiger partial charge on any atom is 0.107 e. The maximum atomic E-state index is 12.8. The Kier molecular flexibility index (Phi) is 6.36. The standard InChI is InChI=1S/C31H45NO4S/c1-5-32-21-7-6-8-22(17-21)37-31-16-15-29(18-27(2,3)20-35-36-29)19-30(31,34)14-11-23-24-9-10-26(33)28(24,4)13-12-25(23)31/h6-8,12,17,23-24,26,32-34H,5,9-11,13-16,18-20H2,1-4H3/t23-,24-,26-,28-,29?,30+,31-/m0/s1. The molecule has 1 aromatic rings. The summed E-state index contributed by atoms with van der Waals surface area (Å²) in [7, 11) is 0. The summed E-state index contributed by atoms with van der Waals surface area (Å²) in [5, 5.41) is 27.2. The first kappa shape index (κ1) is 26.2. The fourth-order valence-corrected chi connectivity index (χ4v) is 10.6. The van der Waals surface area contributed by atoms with Crippen molar-refractivity contribution in [3.8, 4) is 0 Å². The lowest BCUT2D eigenvalue weighted by molar-refractivity contribution is -0.417. The topological polar surface area (TPSA) is 71.0 Å². The Morgan fingerprint density at radius 1 is 1.08 bits per heavy atom. The van der Waals surface area contributed by atoms with Gasteiger partial charge in [0, 0.05) is 29.0 Å². The van der Waals surface area contributed by atoms with Crippen LogP contribution in [0.15, 0.2) is 40.8 Å². The first-order valence-electron chi connectivity index (χ1n) is 14.5. The lowest BCUT2D eigenvalue weighted by atomic mass is 9.51. The van der Waals surface area contributed by atoms with Crippen LogP contribution >= 0.6 is 11.8 Å². The Morgan fingerprint density at radius 2 is 1.92 bits per heavy atom. The highest BCUT2D eigenvalue weighted by molar-refractivity contribution is 8.01. The predicted octanol–water partition coefficient (Wildman–Crippen LogP) is 6.50. The van der Waals surface area contributed by atoms with Gasteiger partial charge >= 0.3 is 0 Å². The van der Waals surface area contributed by atoms with Crippen LogP contribution in [0.4, 0.5) is 5.69 Å². The Morgan fingerprint density at radius 3 is 2.70 bits per heavy atom. The van der Waals surface area contributed by atoms with Gasteiger partial charge in [0.15, 0.2) is 0 Å². The van der Waals surface area contributed by atoms with E-state index in [9.17, 15) is 10.2 Å². The van der Waals surface area contributed by atoms with E-state index in [1.54, 1.807) is 0 Å². The third kappa shape index (κ3) is 4.12. The van der Waals surface area contributed by atoms with E-state index in [4.69, 9.17) is 9.78 Å². The molecule has 3 saturated carbocycles. The number of hydrogen-bond donors (Lipinski definition) is 3. The summed E-state index contributed by atoms with van der Waals surface area (Å²) in [5.74, 6) is 0.913. The molecule has 37 heavy (non-hydrogen) atoms. The van der Waals surface area contributed by atoms with E-state index in [2.05, 4.69) is 63.4 Å². The van der Waals surface area contributed by atoms with E-state index in [0.717, 1.165) is 63.6 Å². The molecule has 1 saturated heterocycles. The van der Waals surface area contributed by atoms with Gasteiger partial charge in [-0.3, -0.25) is 0 Å². The Bertz CT molecular complexity index is 1080. The molecule has 4 aliphatic carbocycles. The number of aliphatic hydroxyl groups excluding tert-OH is 1. The van der Waals surface area contributed by atoms with Crippen LogP contribution in [-0.4, -0.2) is 45.4 Å². The van der Waals surface area contributed by atoms with Crippen LogP contribution in [0.2, 0.25) is 0 Å². The zero-order valence-electron chi connectivity index (χ0n) is 23.0. The SMILES string of the molecule is CCNc1cccc(S[C@]23CCC4(CC(C)(C)COO4)C[C@]2(O)CC[C@@H]2C3=CC[C@]3(C)[C@@H](O)CC[C@@H]23)c1. The fourth-order valence-electron chi connectivity index (χ4n) is 8.98. The Balaban J connectivity index is 1.42. The molecule has 3 N–H and O–H groups in total. The van der Waals surface area contributed by atoms with Crippen LogP contribution in [0, 0.1) is 22.7 Å². The number of hydrogen-bond acceptors (Lipinski definition) is 6. The zero-order valence-corrected chi connectivity index (χ0v) is 23.8. The molecular formula is C31H45NO4S. The van der Waals surface area contributed by atoms with E-state index in [0.29, 0.717) is 24.9 Å². The van der Waals surface area contributed by atoms with E-state index < -0.39 is 15.9 Å². The molecule has 5 aliphatic rings. The highest BCUT2D eigenvalue weighted by Gasteiger charge is 2.67. The number of nitrogens with one attached hydrogen (secondary N) is 1. The molecule has 1 spiro atoms. The van der Waals surface area contributed by atoms with Crippen LogP contribution in [0.5, 0.6) is 0 Å². The van der Waals surface area contributed by atoms with Crippen LogP contribution in [0.25, 0.3) is 0 Å². The van der Waals surface area contributed by atoms with E-state index >= 15 is 0 Å². The summed E-state index contributed by atoms with van der Waals surface area (Å²) in [6.45, 7) is 10.4. The molecule has 1 heterocycles. The first-order valence-corrected chi connectivity index (χ1v) is 15.3. The largest absolute Gasteiger partial charge is 0.393 e. The minimum Gasteiger partial charge on any atom is -0.393 e. The molecular weight excluding hydrogens is 482 g/mol. The van der Waals surface area contributed by atoms with Gasteiger partial charge in [0.25, 0.3) is 0 Å². The van der Waals surface area contributed by atoms with Crippen LogP contribution in [0.3, 0.4) is 0 Å². The van der Waals surface area contributed by atoms with Gasteiger partial charge in [-0.25, -0.2) is 9.78 Å². The average molecular weight is 528 g/mol. The summed E-state index contributed by atoms with van der Waals surface area (Å²) >= 11 is 1.88. The molecule has 5 nitrogen and oxygen atoms in total. The van der Waals surface area contributed by atoms with Gasteiger partial charge in [-0.1, -0.05) is 38.5 Å². The van der Waals surface area contributed by atoms with Crippen molar-refractivity contribution < 1.29 is 20.0 Å². The predicted molar refractivity (Wildman–Crippen MR) is 148 cm³/mol. The fraction of sp³-hybridized carbons (Fsp3) is 0.742. The summed E-state index contributed by atoms with van der Waals surface area (Å²) in [6, 6.07) is 8.69. The van der Waals surface area contributed by atoms with Crippen molar-refractivity contribution in [1.82, 2.24) is 0 Å². The summed E-state index contributed by atoms with van der Waals surface area (Å²) < 4.78 is -0.397. The number of benzene rings is 1. The van der Waals surface area contributed by atoms with Gasteiger partial charge in [-0.2, -0.15) is 0 Å². The van der Waals surface area contributed by atoms with Crippen LogP contribution < -0.4 is 5.32 Å². The smallest absolute Gasteiger partial charge is 0.107 e. The second kappa shape index (κ2) is 8.99. The highest BCUT2D eigenvalue weighted by atomic mass is 32.2. The number of allylic oxidation sites excluding steroid dienone is 1. The van der Waals surface area contributed by atoms with Gasteiger partial charge in [0.1, 0.15) is 5.60 Å². The number of fused-ring (bicyclic) bond motifs is 5. The van der Waals surface area contributed by atoms with Crippen molar-refractivity contribution in [2.24, 2.45) is 22.7 Å². The quantitative estimate of drug-likeness (QED) is 0.307. The van der Waals surface area contributed by atoms with Crippen molar-refractivity contribution in [2.45, 2.75) is 112 Å². The molecule has 1 aliphatic heterocycles. The molecule has 0 aromatic heterocycles. The second-order valence-corrected chi connectivity index (χ2v) is 15.2. The molecule has 1 unspecified atom stereocenters. The number of thioether (sulfide) groups is 1. The molecule has 204 valence electrons. The van der Waals surface area contributed by atoms with E-state index in [-0.39, 0.29) is 16.9 Å². The third-order valence-electron chi connectivity index (χ3n) is 10.6. The van der Waals surface area contributed by atoms with Gasteiger partial charge in [-0.05, 0) is 93.7 Å². The molecule has 6 heteroatoms. The van der Waals surface area contributed by atoms with Gasteiger partial charge < -0.3 is 15.5 Å². The third-order valence-corrected chi connectivity index (χ3v) is 12.3.